The van der Waals surface area contributed by atoms with Gasteiger partial charge in [-0.1, -0.05) is 0 Å². The highest BCUT2D eigenvalue weighted by atomic mass is 16.7. The first-order valence-corrected chi connectivity index (χ1v) is 10.6. The second-order valence-corrected chi connectivity index (χ2v) is 8.33. The van der Waals surface area contributed by atoms with Gasteiger partial charge in [-0.15, -0.1) is 0 Å². The quantitative estimate of drug-likeness (QED) is 0.154. The Hall–Kier alpha value is -0.640. The van der Waals surface area contributed by atoms with Gasteiger partial charge >= 0.3 is 0 Å². The van der Waals surface area contributed by atoms with Crippen LogP contribution in [0, 0.1) is 0 Å². The second-order valence-electron chi connectivity index (χ2n) is 8.33. The van der Waals surface area contributed by atoms with Gasteiger partial charge in [0, 0.05) is 0 Å². The van der Waals surface area contributed by atoms with E-state index in [9.17, 15) is 56.2 Å². The molecule has 11 N–H and O–H groups in total. The molecule has 3 heterocycles. The Labute approximate surface area is 192 Å². The van der Waals surface area contributed by atoms with Crippen molar-refractivity contribution in [3.05, 3.63) is 0 Å². The Morgan fingerprint density at radius 2 is 0.941 bits per heavy atom. The van der Waals surface area contributed by atoms with Crippen LogP contribution in [0.2, 0.25) is 0 Å². The molecular weight excluding hydrogens is 472 g/mol. The smallest absolute Gasteiger partial charge is 0.187 e. The molecule has 0 bridgehead atoms. The SMILES string of the molecule is OC[C@H]1O[C@H](O[C@H]2[C@@H](O)[C@@H](CO)O[C@@H](O[C@@H]3[C@H](O)[C@@H](O)C(O)O[C@@H]3CO)[C@@H]2O)[C@H](O)[C@@H](O)[C@H]1O. The molecule has 3 saturated heterocycles. The van der Waals surface area contributed by atoms with E-state index < -0.39 is 112 Å². The summed E-state index contributed by atoms with van der Waals surface area (Å²) < 4.78 is 26.4. The molecule has 16 heteroatoms. The first-order valence-electron chi connectivity index (χ1n) is 10.6. The van der Waals surface area contributed by atoms with E-state index in [2.05, 4.69) is 0 Å². The van der Waals surface area contributed by atoms with Crippen molar-refractivity contribution in [3.8, 4) is 0 Å². The van der Waals surface area contributed by atoms with Crippen molar-refractivity contribution in [3.63, 3.8) is 0 Å². The van der Waals surface area contributed by atoms with Crippen molar-refractivity contribution in [1.29, 1.82) is 0 Å². The molecule has 0 saturated carbocycles. The Kier molecular flexibility index (Phi) is 9.54. The zero-order valence-corrected chi connectivity index (χ0v) is 17.7. The van der Waals surface area contributed by atoms with Crippen LogP contribution in [0.1, 0.15) is 0 Å². The Balaban J connectivity index is 1.78. The average Bonchev–Trinajstić information content (AvgIpc) is 2.83. The highest BCUT2D eigenvalue weighted by Crippen LogP contribution is 2.32. The molecule has 3 aliphatic rings. The number of aliphatic hydroxyl groups excluding tert-OH is 11. The molecule has 0 spiro atoms. The van der Waals surface area contributed by atoms with Crippen molar-refractivity contribution in [2.45, 2.75) is 92.1 Å². The molecule has 16 nitrogen and oxygen atoms in total. The van der Waals surface area contributed by atoms with Crippen molar-refractivity contribution >= 4 is 0 Å². The Morgan fingerprint density at radius 3 is 1.50 bits per heavy atom. The molecule has 3 fully saturated rings. The molecule has 3 rings (SSSR count). The predicted octanol–water partition coefficient (Wildman–Crippen LogP) is -7.57. The summed E-state index contributed by atoms with van der Waals surface area (Å²) in [5, 5.41) is 109. The first kappa shape index (κ1) is 27.9. The van der Waals surface area contributed by atoms with Crippen LogP contribution in [0.5, 0.6) is 0 Å². The summed E-state index contributed by atoms with van der Waals surface area (Å²) in [4.78, 5) is 0. The van der Waals surface area contributed by atoms with Gasteiger partial charge in [-0.25, -0.2) is 0 Å². The highest BCUT2D eigenvalue weighted by molar-refractivity contribution is 4.96. The molecule has 0 aromatic heterocycles. The van der Waals surface area contributed by atoms with Gasteiger partial charge in [-0.3, -0.25) is 0 Å². The summed E-state index contributed by atoms with van der Waals surface area (Å²) in [6.07, 6.45) is -25.4. The topological polar surface area (TPSA) is 269 Å². The summed E-state index contributed by atoms with van der Waals surface area (Å²) in [7, 11) is 0. The van der Waals surface area contributed by atoms with Crippen LogP contribution in [0.4, 0.5) is 0 Å². The normalized spacial score (nSPS) is 52.5. The minimum absolute atomic E-state index is 0.759. The lowest BCUT2D eigenvalue weighted by Crippen LogP contribution is -2.66. The highest BCUT2D eigenvalue weighted by Gasteiger charge is 2.53. The van der Waals surface area contributed by atoms with E-state index >= 15 is 0 Å². The zero-order chi connectivity index (χ0) is 25.3. The minimum atomic E-state index is -1.90. The van der Waals surface area contributed by atoms with Crippen LogP contribution >= 0.6 is 0 Å². The summed E-state index contributed by atoms with van der Waals surface area (Å²) in [6, 6.07) is 0. The van der Waals surface area contributed by atoms with Gasteiger partial charge in [-0.2, -0.15) is 0 Å². The number of hydrogen-bond acceptors (Lipinski definition) is 16. The maximum Gasteiger partial charge on any atom is 0.187 e. The van der Waals surface area contributed by atoms with Gasteiger partial charge in [0.2, 0.25) is 0 Å². The number of ether oxygens (including phenoxy) is 5. The van der Waals surface area contributed by atoms with E-state index in [0.717, 1.165) is 0 Å². The monoisotopic (exact) mass is 504 g/mol. The maximum absolute atomic E-state index is 10.8. The van der Waals surface area contributed by atoms with Crippen molar-refractivity contribution in [1.82, 2.24) is 0 Å². The van der Waals surface area contributed by atoms with E-state index in [-0.39, 0.29) is 0 Å². The third kappa shape index (κ3) is 5.37. The summed E-state index contributed by atoms with van der Waals surface area (Å²) in [6.45, 7) is -2.34. The Bertz CT molecular complexity index is 637. The predicted molar refractivity (Wildman–Crippen MR) is 101 cm³/mol. The lowest BCUT2D eigenvalue weighted by molar-refractivity contribution is -0.378. The van der Waals surface area contributed by atoms with Crippen LogP contribution < -0.4 is 0 Å². The van der Waals surface area contributed by atoms with Crippen LogP contribution in [0.25, 0.3) is 0 Å². The molecule has 0 aromatic rings. The number of aliphatic hydroxyl groups is 11. The van der Waals surface area contributed by atoms with E-state index in [1.807, 2.05) is 0 Å². The van der Waals surface area contributed by atoms with E-state index in [0.29, 0.717) is 0 Å². The van der Waals surface area contributed by atoms with Gasteiger partial charge in [0.25, 0.3) is 0 Å². The lowest BCUT2D eigenvalue weighted by atomic mass is 9.96. The van der Waals surface area contributed by atoms with Crippen LogP contribution in [-0.4, -0.2) is 168 Å². The van der Waals surface area contributed by atoms with Crippen LogP contribution in [0.3, 0.4) is 0 Å². The van der Waals surface area contributed by atoms with Gasteiger partial charge in [0.1, 0.15) is 73.2 Å². The molecule has 200 valence electrons. The third-order valence-corrected chi connectivity index (χ3v) is 6.09. The average molecular weight is 504 g/mol. The van der Waals surface area contributed by atoms with Crippen molar-refractivity contribution < 1.29 is 79.9 Å². The van der Waals surface area contributed by atoms with Gasteiger partial charge in [-0.05, 0) is 0 Å². The summed E-state index contributed by atoms with van der Waals surface area (Å²) >= 11 is 0. The molecule has 3 aliphatic heterocycles. The third-order valence-electron chi connectivity index (χ3n) is 6.09. The fourth-order valence-corrected chi connectivity index (χ4v) is 4.05. The maximum atomic E-state index is 10.8. The molecule has 0 radical (unpaired) electrons. The molecule has 15 atom stereocenters. The van der Waals surface area contributed by atoms with Crippen molar-refractivity contribution in [2.24, 2.45) is 0 Å². The molecule has 34 heavy (non-hydrogen) atoms. The number of hydrogen-bond donors (Lipinski definition) is 11. The molecule has 0 aromatic carbocycles. The zero-order valence-electron chi connectivity index (χ0n) is 17.7. The van der Waals surface area contributed by atoms with E-state index in [1.54, 1.807) is 0 Å². The van der Waals surface area contributed by atoms with Gasteiger partial charge < -0.3 is 79.9 Å². The number of rotatable bonds is 7. The minimum Gasteiger partial charge on any atom is -0.394 e. The summed E-state index contributed by atoms with van der Waals surface area (Å²) in [5.74, 6) is 0. The molecule has 1 unspecified atom stereocenters. The second kappa shape index (κ2) is 11.6. The summed E-state index contributed by atoms with van der Waals surface area (Å²) in [5.41, 5.74) is 0. The Morgan fingerprint density at radius 1 is 0.441 bits per heavy atom. The molecule has 0 aliphatic carbocycles. The molecular formula is C18H32O16. The largest absolute Gasteiger partial charge is 0.394 e. The fourth-order valence-electron chi connectivity index (χ4n) is 4.05. The lowest BCUT2D eigenvalue weighted by Gasteiger charge is -2.47. The molecule has 0 amide bonds. The fraction of sp³-hybridized carbons (Fsp3) is 1.00. The van der Waals surface area contributed by atoms with Gasteiger partial charge in [0.05, 0.1) is 19.8 Å². The van der Waals surface area contributed by atoms with Crippen molar-refractivity contribution in [2.75, 3.05) is 19.8 Å². The standard InChI is InChI=1S/C18H32O16/c19-1-4-7(22)9(24)12(27)17(31-4)34-15-8(23)5(2-20)32-18(13(15)28)33-14-6(3-21)30-16(29)11(26)10(14)25/h4-29H,1-3H2/t4-,5-,6-,7+,8+,9+,10-,11-,12-,13-,14+,15+,16?,17-,18+/m1/s1. The first-order chi connectivity index (χ1) is 16.0. The van der Waals surface area contributed by atoms with E-state index in [1.165, 1.54) is 0 Å². The van der Waals surface area contributed by atoms with Crippen LogP contribution in [-0.2, 0) is 23.7 Å². The van der Waals surface area contributed by atoms with Gasteiger partial charge in [0.15, 0.2) is 18.9 Å². The van der Waals surface area contributed by atoms with Crippen LogP contribution in [0.15, 0.2) is 0 Å². The van der Waals surface area contributed by atoms with E-state index in [4.69, 9.17) is 23.7 Å².